The zero-order valence-corrected chi connectivity index (χ0v) is 14.8. The van der Waals surface area contributed by atoms with Gasteiger partial charge in [0.15, 0.2) is 0 Å². The number of nitrogens with two attached hydrogens (primary N) is 2. The summed E-state index contributed by atoms with van der Waals surface area (Å²) in [5, 5.41) is 2.04. The molecule has 4 aromatic rings. The van der Waals surface area contributed by atoms with Gasteiger partial charge < -0.3 is 16.5 Å². The van der Waals surface area contributed by atoms with E-state index in [9.17, 15) is 4.79 Å². The molecule has 124 valence electrons. The van der Waals surface area contributed by atoms with Crippen LogP contribution in [-0.2, 0) is 0 Å². The van der Waals surface area contributed by atoms with Crippen molar-refractivity contribution in [3.05, 3.63) is 65.5 Å². The summed E-state index contributed by atoms with van der Waals surface area (Å²) in [7, 11) is 0. The van der Waals surface area contributed by atoms with E-state index in [1.54, 1.807) is 29.2 Å². The number of H-pyrrole nitrogens is 1. The number of benzene rings is 2. The highest BCUT2D eigenvalue weighted by Gasteiger charge is 2.19. The van der Waals surface area contributed by atoms with Crippen LogP contribution in [0.15, 0.2) is 69.8 Å². The van der Waals surface area contributed by atoms with E-state index >= 15 is 0 Å². The molecule has 0 saturated carbocycles. The smallest absolute Gasteiger partial charge is 0.249 e. The molecule has 2 aromatic carbocycles. The molecule has 1 amide bonds. The van der Waals surface area contributed by atoms with Gasteiger partial charge in [0, 0.05) is 21.7 Å². The predicted octanol–water partition coefficient (Wildman–Crippen LogP) is 4.73. The van der Waals surface area contributed by atoms with Gasteiger partial charge in [0.25, 0.3) is 0 Å². The second-order valence-electron chi connectivity index (χ2n) is 5.54. The van der Waals surface area contributed by atoms with Gasteiger partial charge in [-0.3, -0.25) is 4.79 Å². The molecule has 25 heavy (non-hydrogen) atoms. The lowest BCUT2D eigenvalue weighted by Gasteiger charge is -2.09. The van der Waals surface area contributed by atoms with Crippen LogP contribution in [-0.4, -0.2) is 10.9 Å². The predicted molar refractivity (Wildman–Crippen MR) is 105 cm³/mol. The number of primary amides is 1. The van der Waals surface area contributed by atoms with Crippen molar-refractivity contribution in [1.82, 2.24) is 4.98 Å². The molecule has 0 saturated heterocycles. The first kappa shape index (κ1) is 15.8. The number of aromatic nitrogens is 1. The van der Waals surface area contributed by atoms with Crippen LogP contribution in [0.1, 0.15) is 10.4 Å². The summed E-state index contributed by atoms with van der Waals surface area (Å²) >= 11 is 3.26. The van der Waals surface area contributed by atoms with Gasteiger partial charge in [-0.1, -0.05) is 42.1 Å². The second-order valence-corrected chi connectivity index (χ2v) is 7.51. The number of nitrogens with one attached hydrogen (secondary N) is 1. The van der Waals surface area contributed by atoms with Crippen LogP contribution >= 0.6 is 23.1 Å². The van der Waals surface area contributed by atoms with Crippen molar-refractivity contribution in [2.45, 2.75) is 9.79 Å². The molecular weight excluding hydrogens is 350 g/mol. The third kappa shape index (κ3) is 2.79. The number of para-hydroxylation sites is 1. The minimum atomic E-state index is -0.441. The van der Waals surface area contributed by atoms with Crippen LogP contribution in [0.2, 0.25) is 0 Å². The molecule has 0 atom stereocenters. The zero-order chi connectivity index (χ0) is 17.4. The minimum absolute atomic E-state index is 0.441. The van der Waals surface area contributed by atoms with Gasteiger partial charge in [0.05, 0.1) is 20.8 Å². The number of aromatic amines is 1. The number of amides is 1. The average Bonchev–Trinajstić information content (AvgIpc) is 3.19. The van der Waals surface area contributed by atoms with Crippen molar-refractivity contribution in [3.8, 4) is 11.3 Å². The van der Waals surface area contributed by atoms with E-state index in [2.05, 4.69) is 4.98 Å². The lowest BCUT2D eigenvalue weighted by Crippen LogP contribution is -2.12. The second kappa shape index (κ2) is 6.31. The van der Waals surface area contributed by atoms with E-state index in [-0.39, 0.29) is 0 Å². The van der Waals surface area contributed by atoms with Gasteiger partial charge in [-0.05, 0) is 29.6 Å². The van der Waals surface area contributed by atoms with E-state index in [0.29, 0.717) is 5.56 Å². The van der Waals surface area contributed by atoms with Gasteiger partial charge in [0.1, 0.15) is 0 Å². The Labute approximate surface area is 152 Å². The molecule has 4 rings (SSSR count). The zero-order valence-electron chi connectivity index (χ0n) is 13.2. The molecule has 2 aromatic heterocycles. The SMILES string of the molecule is NC(=O)c1ccccc1-c1[nH]c2ccsc2c1Sc1ccccc1N. The number of carbonyl (C=O) groups is 1. The number of thiophene rings is 1. The summed E-state index contributed by atoms with van der Waals surface area (Å²) in [5.74, 6) is -0.441. The highest BCUT2D eigenvalue weighted by molar-refractivity contribution is 8.00. The Morgan fingerprint density at radius 1 is 1.04 bits per heavy atom. The Morgan fingerprint density at radius 2 is 1.80 bits per heavy atom. The van der Waals surface area contributed by atoms with Crippen LogP contribution in [0.3, 0.4) is 0 Å². The number of hydrogen-bond donors (Lipinski definition) is 3. The van der Waals surface area contributed by atoms with Crippen molar-refractivity contribution in [2.75, 3.05) is 5.73 Å². The Kier molecular flexibility index (Phi) is 3.99. The molecule has 0 aliphatic carbocycles. The highest BCUT2D eigenvalue weighted by atomic mass is 32.2. The summed E-state index contributed by atoms with van der Waals surface area (Å²) in [5.41, 5.74) is 15.7. The highest BCUT2D eigenvalue weighted by Crippen LogP contribution is 2.45. The minimum Gasteiger partial charge on any atom is -0.398 e. The first-order valence-corrected chi connectivity index (χ1v) is 9.35. The number of hydrogen-bond acceptors (Lipinski definition) is 4. The number of carbonyl (C=O) groups excluding carboxylic acids is 1. The third-order valence-corrected chi connectivity index (χ3v) is 6.22. The fourth-order valence-corrected chi connectivity index (χ4v) is 4.86. The van der Waals surface area contributed by atoms with E-state index in [0.717, 1.165) is 37.0 Å². The van der Waals surface area contributed by atoms with Crippen molar-refractivity contribution in [3.63, 3.8) is 0 Å². The molecule has 0 radical (unpaired) electrons. The molecule has 0 bridgehead atoms. The Bertz CT molecular complexity index is 1080. The third-order valence-electron chi connectivity index (χ3n) is 3.95. The summed E-state index contributed by atoms with van der Waals surface area (Å²) < 4.78 is 1.14. The largest absolute Gasteiger partial charge is 0.398 e. The quantitative estimate of drug-likeness (QED) is 0.457. The Hall–Kier alpha value is -2.70. The van der Waals surface area contributed by atoms with Crippen LogP contribution in [0.25, 0.3) is 21.5 Å². The van der Waals surface area contributed by atoms with E-state index in [1.165, 1.54) is 0 Å². The topological polar surface area (TPSA) is 84.9 Å². The fourth-order valence-electron chi connectivity index (χ4n) is 2.77. The Morgan fingerprint density at radius 3 is 2.60 bits per heavy atom. The van der Waals surface area contributed by atoms with Crippen LogP contribution < -0.4 is 11.5 Å². The molecule has 2 heterocycles. The number of nitrogen functional groups attached to an aromatic ring is 1. The molecular formula is C19H15N3OS2. The molecule has 4 nitrogen and oxygen atoms in total. The fraction of sp³-hybridized carbons (Fsp3) is 0. The van der Waals surface area contributed by atoms with Crippen molar-refractivity contribution >= 4 is 44.9 Å². The molecule has 0 unspecified atom stereocenters. The van der Waals surface area contributed by atoms with Gasteiger partial charge in [-0.2, -0.15) is 0 Å². The monoisotopic (exact) mass is 365 g/mol. The number of anilines is 1. The summed E-state index contributed by atoms with van der Waals surface area (Å²) in [6.45, 7) is 0. The molecule has 5 N–H and O–H groups in total. The first-order chi connectivity index (χ1) is 12.1. The molecule has 0 aliphatic rings. The Balaban J connectivity index is 1.93. The number of rotatable bonds is 4. The van der Waals surface area contributed by atoms with E-state index < -0.39 is 5.91 Å². The lowest BCUT2D eigenvalue weighted by atomic mass is 10.0. The van der Waals surface area contributed by atoms with Crippen LogP contribution in [0.4, 0.5) is 5.69 Å². The maximum atomic E-state index is 11.9. The van der Waals surface area contributed by atoms with Gasteiger partial charge in [0.2, 0.25) is 5.91 Å². The molecule has 0 spiro atoms. The molecule has 0 aliphatic heterocycles. The van der Waals surface area contributed by atoms with Crippen molar-refractivity contribution in [2.24, 2.45) is 5.73 Å². The normalized spacial score (nSPS) is 11.0. The van der Waals surface area contributed by atoms with Crippen molar-refractivity contribution < 1.29 is 4.79 Å². The molecule has 6 heteroatoms. The molecule has 0 fully saturated rings. The van der Waals surface area contributed by atoms with E-state index in [4.69, 9.17) is 11.5 Å². The lowest BCUT2D eigenvalue weighted by molar-refractivity contribution is 0.100. The van der Waals surface area contributed by atoms with Gasteiger partial charge >= 0.3 is 0 Å². The summed E-state index contributed by atoms with van der Waals surface area (Å²) in [6.07, 6.45) is 0. The average molecular weight is 365 g/mol. The maximum Gasteiger partial charge on any atom is 0.249 e. The standard InChI is InChI=1S/C19H15N3OS2/c20-13-7-3-4-8-15(13)25-18-16(22-14-9-10-24-17(14)18)11-5-1-2-6-12(11)19(21)23/h1-10,22H,20H2,(H2,21,23). The summed E-state index contributed by atoms with van der Waals surface area (Å²) in [6, 6.07) is 17.2. The number of fused-ring (bicyclic) bond motifs is 1. The van der Waals surface area contributed by atoms with Gasteiger partial charge in [-0.25, -0.2) is 0 Å². The summed E-state index contributed by atoms with van der Waals surface area (Å²) in [4.78, 5) is 17.3. The van der Waals surface area contributed by atoms with E-state index in [1.807, 2.05) is 53.9 Å². The first-order valence-electron chi connectivity index (χ1n) is 7.66. The van der Waals surface area contributed by atoms with Gasteiger partial charge in [-0.15, -0.1) is 11.3 Å². The maximum absolute atomic E-state index is 11.9. The van der Waals surface area contributed by atoms with Crippen molar-refractivity contribution in [1.29, 1.82) is 0 Å². The van der Waals surface area contributed by atoms with Crippen LogP contribution in [0.5, 0.6) is 0 Å². The van der Waals surface area contributed by atoms with Crippen LogP contribution in [0, 0.1) is 0 Å².